The molecule has 1 fully saturated rings. The van der Waals surface area contributed by atoms with Crippen LogP contribution < -0.4 is 21.3 Å². The van der Waals surface area contributed by atoms with E-state index in [4.69, 9.17) is 10.2 Å². The van der Waals surface area contributed by atoms with Gasteiger partial charge < -0.3 is 25.7 Å². The molecule has 39 heavy (non-hydrogen) atoms. The van der Waals surface area contributed by atoms with Gasteiger partial charge in [0.25, 0.3) is 5.91 Å². The molecule has 3 aromatic heterocycles. The van der Waals surface area contributed by atoms with E-state index in [-0.39, 0.29) is 24.0 Å². The molecule has 14 heteroatoms. The molecule has 0 radical (unpaired) electrons. The van der Waals surface area contributed by atoms with Crippen molar-refractivity contribution < 1.29 is 17.8 Å². The zero-order chi connectivity index (χ0) is 27.4. The number of amides is 1. The number of anilines is 3. The highest BCUT2D eigenvalue weighted by Crippen LogP contribution is 2.23. The minimum Gasteiger partial charge on any atom is -0.463 e. The first-order chi connectivity index (χ1) is 18.9. The molecule has 12 nitrogen and oxygen atoms in total. The summed E-state index contributed by atoms with van der Waals surface area (Å²) in [5.74, 6) is 0.810. The first kappa shape index (κ1) is 26.6. The predicted octanol–water partition coefficient (Wildman–Crippen LogP) is 1.45. The van der Waals surface area contributed by atoms with Gasteiger partial charge >= 0.3 is 0 Å². The fourth-order valence-corrected chi connectivity index (χ4v) is 4.78. The second kappa shape index (κ2) is 11.8. The number of furan rings is 1. The summed E-state index contributed by atoms with van der Waals surface area (Å²) in [5, 5.41) is 10.3. The molecule has 0 aliphatic carbocycles. The number of halogens is 1. The maximum Gasteiger partial charge on any atom is 0.251 e. The third-order valence-electron chi connectivity index (χ3n) is 6.43. The van der Waals surface area contributed by atoms with E-state index in [0.29, 0.717) is 54.1 Å². The molecule has 206 valence electrons. The summed E-state index contributed by atoms with van der Waals surface area (Å²) in [7, 11) is -0.996. The van der Waals surface area contributed by atoms with Gasteiger partial charge in [-0.05, 0) is 30.3 Å². The fourth-order valence-electron chi connectivity index (χ4n) is 4.39. The van der Waals surface area contributed by atoms with Gasteiger partial charge in [-0.2, -0.15) is 19.6 Å². The van der Waals surface area contributed by atoms with Crippen LogP contribution in [0, 0.1) is 5.82 Å². The van der Waals surface area contributed by atoms with Gasteiger partial charge in [0, 0.05) is 80.3 Å². The molecule has 1 aromatic carbocycles. The molecule has 1 amide bonds. The average Bonchev–Trinajstić information content (AvgIpc) is 3.59. The number of aromatic nitrogens is 4. The van der Waals surface area contributed by atoms with Crippen LogP contribution in [0.4, 0.5) is 22.0 Å². The Bertz CT molecular complexity index is 1470. The lowest BCUT2D eigenvalue weighted by molar-refractivity contribution is 0.0955. The van der Waals surface area contributed by atoms with Crippen LogP contribution in [0.1, 0.15) is 10.4 Å². The summed E-state index contributed by atoms with van der Waals surface area (Å²) in [4.78, 5) is 25.3. The lowest BCUT2D eigenvalue weighted by atomic mass is 10.1. The lowest BCUT2D eigenvalue weighted by Crippen LogP contribution is -2.48. The van der Waals surface area contributed by atoms with Crippen molar-refractivity contribution in [2.75, 3.05) is 73.8 Å². The SMILES string of the molecule is C[S@@](=O)CCNC(=O)c1ccc(N2CCN(CCNc3nc(N)n4nc(-c5ccco5)cc4n3)CC2)c(F)c1. The van der Waals surface area contributed by atoms with Crippen molar-refractivity contribution in [3.05, 3.63) is 54.0 Å². The molecular formula is C25H30FN9O3S. The number of nitrogens with zero attached hydrogens (tertiary/aromatic N) is 6. The standard InChI is InChI=1S/C25H30FN9O3S/c1-39(37)14-7-28-23(36)17-4-5-20(18(26)15-17)34-11-9-33(10-12-34)8-6-29-25-30-22-16-19(21-3-2-13-38-21)32-35(22)24(27)31-25/h2-5,13,15-16H,6-12,14H2,1H3,(H,28,36)(H3,27,29,30,31)/t39-/m1/s1. The second-order valence-corrected chi connectivity index (χ2v) is 10.7. The predicted molar refractivity (Wildman–Crippen MR) is 148 cm³/mol. The monoisotopic (exact) mass is 555 g/mol. The second-order valence-electron chi connectivity index (χ2n) is 9.14. The van der Waals surface area contributed by atoms with Crippen LogP contribution in [0.5, 0.6) is 0 Å². The Hall–Kier alpha value is -4.04. The van der Waals surface area contributed by atoms with Crippen molar-refractivity contribution in [1.29, 1.82) is 0 Å². The molecule has 0 spiro atoms. The van der Waals surface area contributed by atoms with Crippen molar-refractivity contribution in [2.24, 2.45) is 0 Å². The molecule has 0 saturated carbocycles. The van der Waals surface area contributed by atoms with E-state index in [1.807, 2.05) is 11.0 Å². The van der Waals surface area contributed by atoms with Gasteiger partial charge in [0.05, 0.1) is 12.0 Å². The van der Waals surface area contributed by atoms with Crippen LogP contribution in [-0.2, 0) is 10.8 Å². The highest BCUT2D eigenvalue weighted by atomic mass is 32.2. The zero-order valence-corrected chi connectivity index (χ0v) is 22.3. The molecule has 1 aliphatic heterocycles. The number of nitrogens with one attached hydrogen (secondary N) is 2. The van der Waals surface area contributed by atoms with Gasteiger partial charge in [-0.1, -0.05) is 0 Å². The Labute approximate surface area is 226 Å². The third-order valence-corrected chi connectivity index (χ3v) is 7.21. The number of nitrogens with two attached hydrogens (primary N) is 1. The Morgan fingerprint density at radius 2 is 1.97 bits per heavy atom. The lowest BCUT2D eigenvalue weighted by Gasteiger charge is -2.36. The van der Waals surface area contributed by atoms with Crippen LogP contribution in [0.2, 0.25) is 0 Å². The van der Waals surface area contributed by atoms with Crippen molar-refractivity contribution in [3.63, 3.8) is 0 Å². The Morgan fingerprint density at radius 3 is 2.69 bits per heavy atom. The van der Waals surface area contributed by atoms with Crippen molar-refractivity contribution in [3.8, 4) is 11.5 Å². The topological polar surface area (TPSA) is 147 Å². The van der Waals surface area contributed by atoms with E-state index in [9.17, 15) is 13.4 Å². The summed E-state index contributed by atoms with van der Waals surface area (Å²) in [6.07, 6.45) is 3.15. The molecule has 4 aromatic rings. The molecule has 4 N–H and O–H groups in total. The van der Waals surface area contributed by atoms with Crippen molar-refractivity contribution >= 4 is 39.9 Å². The van der Waals surface area contributed by atoms with Crippen molar-refractivity contribution in [1.82, 2.24) is 29.8 Å². The number of carbonyl (C=O) groups excluding carboxylic acids is 1. The number of carbonyl (C=O) groups is 1. The molecule has 4 heterocycles. The van der Waals surface area contributed by atoms with Crippen LogP contribution in [0.25, 0.3) is 17.1 Å². The van der Waals surface area contributed by atoms with E-state index in [0.717, 1.165) is 19.6 Å². The summed E-state index contributed by atoms with van der Waals surface area (Å²) >= 11 is 0. The van der Waals surface area contributed by atoms with Crippen LogP contribution in [0.3, 0.4) is 0 Å². The first-order valence-electron chi connectivity index (χ1n) is 12.5. The first-order valence-corrected chi connectivity index (χ1v) is 14.3. The Balaban J connectivity index is 1.10. The highest BCUT2D eigenvalue weighted by molar-refractivity contribution is 7.84. The quantitative estimate of drug-likeness (QED) is 0.263. The van der Waals surface area contributed by atoms with Gasteiger partial charge in [0.1, 0.15) is 11.5 Å². The summed E-state index contributed by atoms with van der Waals surface area (Å²) < 4.78 is 32.8. The number of piperazine rings is 1. The summed E-state index contributed by atoms with van der Waals surface area (Å²) in [6.45, 7) is 4.48. The van der Waals surface area contributed by atoms with Crippen molar-refractivity contribution in [2.45, 2.75) is 0 Å². The fraction of sp³-hybridized carbons (Fsp3) is 0.360. The zero-order valence-electron chi connectivity index (χ0n) is 21.5. The number of rotatable bonds is 10. The molecule has 0 bridgehead atoms. The van der Waals surface area contributed by atoms with E-state index in [2.05, 4.69) is 30.6 Å². The summed E-state index contributed by atoms with van der Waals surface area (Å²) in [6, 6.07) is 9.90. The maximum absolute atomic E-state index is 14.8. The number of hydrogen-bond donors (Lipinski definition) is 3. The Morgan fingerprint density at radius 1 is 1.15 bits per heavy atom. The molecule has 1 saturated heterocycles. The summed E-state index contributed by atoms with van der Waals surface area (Å²) in [5.41, 5.74) is 7.99. The maximum atomic E-state index is 14.8. The highest BCUT2D eigenvalue weighted by Gasteiger charge is 2.20. The van der Waals surface area contributed by atoms with Gasteiger partial charge in [-0.25, -0.2) is 4.39 Å². The van der Waals surface area contributed by atoms with Crippen LogP contribution >= 0.6 is 0 Å². The molecular weight excluding hydrogens is 525 g/mol. The van der Waals surface area contributed by atoms with E-state index < -0.39 is 16.6 Å². The van der Waals surface area contributed by atoms with Gasteiger partial charge in [-0.3, -0.25) is 13.9 Å². The third kappa shape index (κ3) is 6.34. The van der Waals surface area contributed by atoms with Gasteiger partial charge in [-0.15, -0.1) is 0 Å². The normalized spacial score (nSPS) is 15.0. The van der Waals surface area contributed by atoms with Gasteiger partial charge in [0.2, 0.25) is 11.9 Å². The van der Waals surface area contributed by atoms with E-state index in [1.165, 1.54) is 10.6 Å². The number of hydrogen-bond acceptors (Lipinski definition) is 10. The van der Waals surface area contributed by atoms with E-state index in [1.54, 1.807) is 36.8 Å². The molecule has 5 rings (SSSR count). The largest absolute Gasteiger partial charge is 0.463 e. The van der Waals surface area contributed by atoms with E-state index >= 15 is 0 Å². The van der Waals surface area contributed by atoms with Crippen LogP contribution in [0.15, 0.2) is 47.1 Å². The Kier molecular flexibility index (Phi) is 8.02. The molecule has 1 atom stereocenters. The number of nitrogen functional groups attached to an aromatic ring is 1. The molecule has 1 aliphatic rings. The van der Waals surface area contributed by atoms with Gasteiger partial charge in [0.15, 0.2) is 11.4 Å². The minimum absolute atomic E-state index is 0.219. The molecule has 0 unspecified atom stereocenters. The number of benzene rings is 1. The van der Waals surface area contributed by atoms with Crippen LogP contribution in [-0.4, -0.2) is 92.4 Å². The minimum atomic E-state index is -0.996. The number of fused-ring (bicyclic) bond motifs is 1. The smallest absolute Gasteiger partial charge is 0.251 e. The average molecular weight is 556 g/mol.